The zero-order chi connectivity index (χ0) is 11.5. The number of nitrogens with two attached hydrogens (primary N) is 1. The molecule has 2 aromatic rings. The van der Waals surface area contributed by atoms with E-state index >= 15 is 0 Å². The second kappa shape index (κ2) is 4.67. The Morgan fingerprint density at radius 3 is 2.94 bits per heavy atom. The quantitative estimate of drug-likeness (QED) is 0.857. The van der Waals surface area contributed by atoms with Crippen LogP contribution < -0.4 is 5.73 Å². The second-order valence-corrected chi connectivity index (χ2v) is 4.41. The molecule has 0 aliphatic heterocycles. The molecule has 6 nitrogen and oxygen atoms in total. The summed E-state index contributed by atoms with van der Waals surface area (Å²) in [7, 11) is 0. The normalized spacial score (nSPS) is 13.2. The smallest absolute Gasteiger partial charge is 0.138 e. The number of nitrogens with zero attached hydrogens (tertiary/aromatic N) is 5. The summed E-state index contributed by atoms with van der Waals surface area (Å²) in [5.41, 5.74) is 6.83. The first-order valence-corrected chi connectivity index (χ1v) is 5.83. The van der Waals surface area contributed by atoms with Crippen molar-refractivity contribution in [2.75, 3.05) is 0 Å². The molecule has 16 heavy (non-hydrogen) atoms. The predicted molar refractivity (Wildman–Crippen MR) is 60.9 cm³/mol. The van der Waals surface area contributed by atoms with Crippen molar-refractivity contribution in [3.05, 3.63) is 24.0 Å². The van der Waals surface area contributed by atoms with Gasteiger partial charge in [0.15, 0.2) is 0 Å². The fourth-order valence-electron chi connectivity index (χ4n) is 1.49. The molecule has 0 saturated carbocycles. The van der Waals surface area contributed by atoms with E-state index in [1.807, 2.05) is 4.68 Å². The molecule has 2 heterocycles. The zero-order valence-electron chi connectivity index (χ0n) is 9.24. The number of hydrogen-bond donors (Lipinski definition) is 1. The van der Waals surface area contributed by atoms with Gasteiger partial charge in [0.05, 0.1) is 29.7 Å². The molecule has 0 spiro atoms. The Labute approximate surface area is 97.8 Å². The van der Waals surface area contributed by atoms with Crippen molar-refractivity contribution in [3.8, 4) is 0 Å². The van der Waals surface area contributed by atoms with E-state index in [9.17, 15) is 0 Å². The van der Waals surface area contributed by atoms with Gasteiger partial charge in [-0.2, -0.15) is 13.8 Å². The van der Waals surface area contributed by atoms with Gasteiger partial charge in [0.25, 0.3) is 0 Å². The van der Waals surface area contributed by atoms with E-state index in [0.717, 1.165) is 11.5 Å². The van der Waals surface area contributed by atoms with E-state index in [2.05, 4.69) is 32.7 Å². The summed E-state index contributed by atoms with van der Waals surface area (Å²) in [5.74, 6) is 0.885. The maximum absolute atomic E-state index is 6.02. The first-order chi connectivity index (χ1) is 7.68. The highest BCUT2D eigenvalue weighted by Gasteiger charge is 2.15. The second-order valence-electron chi connectivity index (χ2n) is 3.86. The summed E-state index contributed by atoms with van der Waals surface area (Å²) in [6, 6.07) is 0.124. The van der Waals surface area contributed by atoms with E-state index in [1.165, 1.54) is 11.7 Å². The molecule has 2 aromatic heterocycles. The standard InChI is InChI=1S/C9H14N6S/c1-6(2)15-9(11-5-12-15)3-7(10)8-4-13-16-14-8/h4-7H,3,10H2,1-2H3. The van der Waals surface area contributed by atoms with Crippen LogP contribution >= 0.6 is 11.7 Å². The summed E-state index contributed by atoms with van der Waals surface area (Å²) in [4.78, 5) is 4.21. The highest BCUT2D eigenvalue weighted by molar-refractivity contribution is 6.99. The van der Waals surface area contributed by atoms with Crippen LogP contribution in [0.15, 0.2) is 12.5 Å². The topological polar surface area (TPSA) is 82.5 Å². The molecule has 2 rings (SSSR count). The van der Waals surface area contributed by atoms with Crippen LogP contribution in [0, 0.1) is 0 Å². The molecule has 2 N–H and O–H groups in total. The summed E-state index contributed by atoms with van der Waals surface area (Å²) in [6.45, 7) is 4.13. The number of aromatic nitrogens is 5. The Morgan fingerprint density at radius 1 is 1.50 bits per heavy atom. The van der Waals surface area contributed by atoms with Crippen LogP contribution in [-0.4, -0.2) is 23.5 Å². The lowest BCUT2D eigenvalue weighted by Gasteiger charge is -2.11. The van der Waals surface area contributed by atoms with Crippen LogP contribution in [0.5, 0.6) is 0 Å². The van der Waals surface area contributed by atoms with Crippen LogP contribution in [0.1, 0.15) is 37.4 Å². The van der Waals surface area contributed by atoms with Crippen molar-refractivity contribution in [2.45, 2.75) is 32.4 Å². The fraction of sp³-hybridized carbons (Fsp3) is 0.556. The molecule has 0 fully saturated rings. The molecule has 7 heteroatoms. The molecule has 0 bridgehead atoms. The molecular formula is C9H14N6S. The molecule has 86 valence electrons. The van der Waals surface area contributed by atoms with Gasteiger partial charge in [-0.15, -0.1) is 0 Å². The largest absolute Gasteiger partial charge is 0.322 e. The summed E-state index contributed by atoms with van der Waals surface area (Å²) in [5, 5.41) is 4.17. The lowest BCUT2D eigenvalue weighted by atomic mass is 10.1. The first-order valence-electron chi connectivity index (χ1n) is 5.10. The van der Waals surface area contributed by atoms with Crippen molar-refractivity contribution < 1.29 is 0 Å². The monoisotopic (exact) mass is 238 g/mol. The van der Waals surface area contributed by atoms with Crippen LogP contribution in [0.25, 0.3) is 0 Å². The molecule has 0 aliphatic rings. The van der Waals surface area contributed by atoms with Crippen LogP contribution in [-0.2, 0) is 6.42 Å². The minimum absolute atomic E-state index is 0.166. The maximum atomic E-state index is 6.02. The third kappa shape index (κ3) is 2.25. The lowest BCUT2D eigenvalue weighted by molar-refractivity contribution is 0.492. The Hall–Kier alpha value is -1.34. The van der Waals surface area contributed by atoms with Crippen molar-refractivity contribution >= 4 is 11.7 Å². The zero-order valence-corrected chi connectivity index (χ0v) is 10.1. The van der Waals surface area contributed by atoms with Gasteiger partial charge in [-0.25, -0.2) is 9.67 Å². The molecule has 0 saturated heterocycles. The molecule has 0 radical (unpaired) electrons. The van der Waals surface area contributed by atoms with Gasteiger partial charge >= 0.3 is 0 Å². The highest BCUT2D eigenvalue weighted by Crippen LogP contribution is 2.14. The Morgan fingerprint density at radius 2 is 2.31 bits per heavy atom. The van der Waals surface area contributed by atoms with Gasteiger partial charge in [0.2, 0.25) is 0 Å². The third-order valence-corrected chi connectivity index (χ3v) is 2.79. The SMILES string of the molecule is CC(C)n1ncnc1CC(N)c1cnsn1. The number of hydrogen-bond acceptors (Lipinski definition) is 6. The van der Waals surface area contributed by atoms with E-state index in [4.69, 9.17) is 5.73 Å². The van der Waals surface area contributed by atoms with E-state index in [1.54, 1.807) is 12.5 Å². The first kappa shape index (κ1) is 11.2. The molecule has 0 aliphatic carbocycles. The Bertz CT molecular complexity index is 435. The minimum Gasteiger partial charge on any atom is -0.322 e. The van der Waals surface area contributed by atoms with Crippen LogP contribution in [0.3, 0.4) is 0 Å². The molecule has 1 unspecified atom stereocenters. The fourth-order valence-corrected chi connectivity index (χ4v) is 1.97. The Balaban J connectivity index is 2.12. The van der Waals surface area contributed by atoms with E-state index < -0.39 is 0 Å². The average Bonchev–Trinajstić information content (AvgIpc) is 2.86. The van der Waals surface area contributed by atoms with E-state index in [-0.39, 0.29) is 6.04 Å². The highest BCUT2D eigenvalue weighted by atomic mass is 32.1. The lowest BCUT2D eigenvalue weighted by Crippen LogP contribution is -2.18. The van der Waals surface area contributed by atoms with Gasteiger partial charge < -0.3 is 5.73 Å². The van der Waals surface area contributed by atoms with Crippen molar-refractivity contribution in [1.29, 1.82) is 0 Å². The van der Waals surface area contributed by atoms with Gasteiger partial charge in [0.1, 0.15) is 12.2 Å². The van der Waals surface area contributed by atoms with Gasteiger partial charge in [-0.05, 0) is 13.8 Å². The molecule has 0 amide bonds. The van der Waals surface area contributed by atoms with Crippen LogP contribution in [0.4, 0.5) is 0 Å². The van der Waals surface area contributed by atoms with Crippen molar-refractivity contribution in [2.24, 2.45) is 5.73 Å². The predicted octanol–water partition coefficient (Wildman–Crippen LogP) is 0.953. The Kier molecular flexibility index (Phi) is 3.25. The minimum atomic E-state index is -0.166. The number of rotatable bonds is 4. The van der Waals surface area contributed by atoms with Gasteiger partial charge in [-0.1, -0.05) is 0 Å². The molecule has 0 aromatic carbocycles. The summed E-state index contributed by atoms with van der Waals surface area (Å²) < 4.78 is 9.93. The summed E-state index contributed by atoms with van der Waals surface area (Å²) in [6.07, 6.45) is 3.89. The van der Waals surface area contributed by atoms with E-state index in [0.29, 0.717) is 12.5 Å². The maximum Gasteiger partial charge on any atom is 0.138 e. The van der Waals surface area contributed by atoms with Gasteiger partial charge in [0, 0.05) is 12.5 Å². The van der Waals surface area contributed by atoms with Gasteiger partial charge in [-0.3, -0.25) is 0 Å². The van der Waals surface area contributed by atoms with Crippen molar-refractivity contribution in [3.63, 3.8) is 0 Å². The van der Waals surface area contributed by atoms with Crippen LogP contribution in [0.2, 0.25) is 0 Å². The third-order valence-electron chi connectivity index (χ3n) is 2.30. The average molecular weight is 238 g/mol. The molecular weight excluding hydrogens is 224 g/mol. The summed E-state index contributed by atoms with van der Waals surface area (Å²) >= 11 is 1.17. The van der Waals surface area contributed by atoms with Crippen molar-refractivity contribution in [1.82, 2.24) is 23.5 Å². The molecule has 1 atom stereocenters.